The van der Waals surface area contributed by atoms with Crippen LogP contribution in [0, 0.1) is 28.1 Å². The second-order valence-corrected chi connectivity index (χ2v) is 9.34. The van der Waals surface area contributed by atoms with Gasteiger partial charge in [-0.25, -0.2) is 0 Å². The number of rotatable bonds is 2. The molecule has 0 N–H and O–H groups in total. The number of hydrogen-bond donors (Lipinski definition) is 0. The van der Waals surface area contributed by atoms with Crippen molar-refractivity contribution < 1.29 is 0 Å². The summed E-state index contributed by atoms with van der Waals surface area (Å²) in [6.45, 7) is 18.6. The summed E-state index contributed by atoms with van der Waals surface area (Å²) in [6.07, 6.45) is 14.4. The first-order valence-corrected chi connectivity index (χ1v) is 8.23. The van der Waals surface area contributed by atoms with Crippen LogP contribution in [0.5, 0.6) is 0 Å². The Bertz CT molecular complexity index is 473. The lowest BCUT2D eigenvalue weighted by molar-refractivity contribution is 0.251. The Morgan fingerprint density at radius 1 is 0.619 bits per heavy atom. The lowest BCUT2D eigenvalue weighted by Gasteiger charge is -2.34. The molecule has 2 atom stereocenters. The van der Waals surface area contributed by atoms with Crippen LogP contribution in [0.1, 0.15) is 55.4 Å². The van der Waals surface area contributed by atoms with Gasteiger partial charge in [-0.3, -0.25) is 0 Å². The third-order valence-electron chi connectivity index (χ3n) is 5.13. The van der Waals surface area contributed by atoms with Crippen molar-refractivity contribution in [2.45, 2.75) is 55.4 Å². The summed E-state index contributed by atoms with van der Waals surface area (Å²) in [5.41, 5.74) is 3.68. The summed E-state index contributed by atoms with van der Waals surface area (Å²) in [5.74, 6) is 1.05. The summed E-state index contributed by atoms with van der Waals surface area (Å²) >= 11 is 0. The summed E-state index contributed by atoms with van der Waals surface area (Å²) in [7, 11) is 0. The van der Waals surface area contributed by atoms with Gasteiger partial charge in [0.15, 0.2) is 0 Å². The van der Waals surface area contributed by atoms with E-state index in [1.165, 1.54) is 11.1 Å². The molecule has 0 amide bonds. The van der Waals surface area contributed by atoms with Gasteiger partial charge in [-0.15, -0.1) is 0 Å². The molecule has 0 aromatic heterocycles. The lowest BCUT2D eigenvalue weighted by atomic mass is 9.69. The van der Waals surface area contributed by atoms with E-state index in [0.717, 1.165) is 0 Å². The minimum atomic E-state index is 0.229. The summed E-state index contributed by atoms with van der Waals surface area (Å²) in [6, 6.07) is 0. The summed E-state index contributed by atoms with van der Waals surface area (Å²) in [4.78, 5) is 0. The Morgan fingerprint density at radius 3 is 1.19 bits per heavy atom. The Hall–Kier alpha value is -1.04. The molecular formula is C21H32. The van der Waals surface area contributed by atoms with Crippen molar-refractivity contribution >= 4 is 0 Å². The molecule has 21 heavy (non-hydrogen) atoms. The SMILES string of the molecule is CC(C)(C)C1=CC(C(C)(C)C2C=CC(C(C)(C)C)=C2)C=C1. The van der Waals surface area contributed by atoms with Crippen molar-refractivity contribution in [1.82, 2.24) is 0 Å². The topological polar surface area (TPSA) is 0 Å². The van der Waals surface area contributed by atoms with Crippen LogP contribution in [-0.4, -0.2) is 0 Å². The fourth-order valence-electron chi connectivity index (χ4n) is 3.17. The Labute approximate surface area is 131 Å². The molecule has 0 bridgehead atoms. The molecule has 116 valence electrons. The van der Waals surface area contributed by atoms with Gasteiger partial charge < -0.3 is 0 Å². The monoisotopic (exact) mass is 284 g/mol. The summed E-state index contributed by atoms with van der Waals surface area (Å²) in [5, 5.41) is 0. The van der Waals surface area contributed by atoms with Crippen LogP contribution in [0.4, 0.5) is 0 Å². The smallest absolute Gasteiger partial charge is 0.00156 e. The maximum absolute atomic E-state index is 2.48. The molecule has 0 aromatic carbocycles. The fourth-order valence-corrected chi connectivity index (χ4v) is 3.17. The minimum absolute atomic E-state index is 0.229. The minimum Gasteiger partial charge on any atom is -0.0768 e. The van der Waals surface area contributed by atoms with Gasteiger partial charge in [0.1, 0.15) is 0 Å². The molecule has 2 unspecified atom stereocenters. The van der Waals surface area contributed by atoms with Gasteiger partial charge in [0.05, 0.1) is 0 Å². The van der Waals surface area contributed by atoms with Gasteiger partial charge in [0.25, 0.3) is 0 Å². The van der Waals surface area contributed by atoms with Crippen molar-refractivity contribution in [2.24, 2.45) is 28.1 Å². The number of hydrogen-bond acceptors (Lipinski definition) is 0. The van der Waals surface area contributed by atoms with Crippen LogP contribution in [0.3, 0.4) is 0 Å². The molecule has 0 radical (unpaired) electrons. The molecule has 0 spiro atoms. The van der Waals surface area contributed by atoms with Crippen molar-refractivity contribution in [1.29, 1.82) is 0 Å². The van der Waals surface area contributed by atoms with Crippen molar-refractivity contribution in [3.05, 3.63) is 47.6 Å². The standard InChI is InChI=1S/C21H32/c1-19(2,3)15-9-11-17(13-15)21(7,8)18-12-10-16(14-18)20(4,5)6/h9-14,17-18H,1-8H3. The average molecular weight is 284 g/mol. The molecule has 0 aromatic rings. The Balaban J connectivity index is 2.23. The van der Waals surface area contributed by atoms with Crippen LogP contribution < -0.4 is 0 Å². The van der Waals surface area contributed by atoms with Crippen LogP contribution in [0.25, 0.3) is 0 Å². The van der Waals surface area contributed by atoms with Gasteiger partial charge in [0, 0.05) is 11.8 Å². The van der Waals surface area contributed by atoms with E-state index >= 15 is 0 Å². The molecule has 2 aliphatic rings. The first kappa shape index (κ1) is 16.3. The van der Waals surface area contributed by atoms with Crippen molar-refractivity contribution in [3.8, 4) is 0 Å². The first-order chi connectivity index (χ1) is 9.42. The van der Waals surface area contributed by atoms with Crippen LogP contribution in [0.15, 0.2) is 47.6 Å². The number of allylic oxidation sites excluding steroid dienone is 8. The molecule has 0 heterocycles. The Morgan fingerprint density at radius 2 is 0.952 bits per heavy atom. The molecule has 0 fully saturated rings. The zero-order valence-corrected chi connectivity index (χ0v) is 15.1. The maximum Gasteiger partial charge on any atom is 0.00156 e. The second kappa shape index (κ2) is 5.00. The molecule has 2 rings (SSSR count). The van der Waals surface area contributed by atoms with E-state index in [-0.39, 0.29) is 16.2 Å². The fraction of sp³-hybridized carbons (Fsp3) is 0.619. The van der Waals surface area contributed by atoms with E-state index in [0.29, 0.717) is 11.8 Å². The van der Waals surface area contributed by atoms with E-state index in [1.807, 2.05) is 0 Å². The zero-order valence-electron chi connectivity index (χ0n) is 15.1. The lowest BCUT2D eigenvalue weighted by Crippen LogP contribution is -2.27. The zero-order chi connectivity index (χ0) is 16.1. The highest BCUT2D eigenvalue weighted by atomic mass is 14.4. The van der Waals surface area contributed by atoms with Crippen molar-refractivity contribution in [2.75, 3.05) is 0 Å². The molecule has 0 aliphatic heterocycles. The molecule has 0 saturated carbocycles. The highest BCUT2D eigenvalue weighted by Crippen LogP contribution is 2.47. The van der Waals surface area contributed by atoms with E-state index in [1.54, 1.807) is 0 Å². The van der Waals surface area contributed by atoms with E-state index in [4.69, 9.17) is 0 Å². The highest BCUT2D eigenvalue weighted by molar-refractivity contribution is 5.39. The molecule has 2 aliphatic carbocycles. The van der Waals surface area contributed by atoms with Gasteiger partial charge in [-0.2, -0.15) is 0 Å². The largest absolute Gasteiger partial charge is 0.0768 e. The van der Waals surface area contributed by atoms with Crippen LogP contribution in [-0.2, 0) is 0 Å². The molecule has 0 heteroatoms. The molecular weight excluding hydrogens is 252 g/mol. The van der Waals surface area contributed by atoms with Gasteiger partial charge in [-0.05, 0) is 27.4 Å². The van der Waals surface area contributed by atoms with Crippen LogP contribution >= 0.6 is 0 Å². The third-order valence-corrected chi connectivity index (χ3v) is 5.13. The molecule has 0 saturated heterocycles. The average Bonchev–Trinajstić information content (AvgIpc) is 2.97. The van der Waals surface area contributed by atoms with E-state index < -0.39 is 0 Å². The second-order valence-electron chi connectivity index (χ2n) is 9.34. The normalized spacial score (nSPS) is 26.3. The van der Waals surface area contributed by atoms with Gasteiger partial charge >= 0.3 is 0 Å². The maximum atomic E-state index is 2.48. The molecule has 0 nitrogen and oxygen atoms in total. The predicted octanol–water partition coefficient (Wildman–Crippen LogP) is 6.33. The van der Waals surface area contributed by atoms with E-state index in [9.17, 15) is 0 Å². The van der Waals surface area contributed by atoms with Gasteiger partial charge in [-0.1, -0.05) is 91.8 Å². The Kier molecular flexibility index (Phi) is 3.89. The first-order valence-electron chi connectivity index (χ1n) is 8.23. The third kappa shape index (κ3) is 3.25. The van der Waals surface area contributed by atoms with Crippen LogP contribution in [0.2, 0.25) is 0 Å². The summed E-state index contributed by atoms with van der Waals surface area (Å²) < 4.78 is 0. The quantitative estimate of drug-likeness (QED) is 0.556. The van der Waals surface area contributed by atoms with Gasteiger partial charge in [0.2, 0.25) is 0 Å². The predicted molar refractivity (Wildman–Crippen MR) is 94.1 cm³/mol. The van der Waals surface area contributed by atoms with Crippen molar-refractivity contribution in [3.63, 3.8) is 0 Å². The highest BCUT2D eigenvalue weighted by Gasteiger charge is 2.37. The van der Waals surface area contributed by atoms with E-state index in [2.05, 4.69) is 91.8 Å².